The highest BCUT2D eigenvalue weighted by molar-refractivity contribution is 5.89. The number of aliphatic hydroxyl groups excluding tert-OH is 1. The quantitative estimate of drug-likeness (QED) is 0.759. The number of nitrogens with zero attached hydrogens (tertiary/aromatic N) is 1. The summed E-state index contributed by atoms with van der Waals surface area (Å²) in [5.74, 6) is -0.0843. The Kier molecular flexibility index (Phi) is 4.67. The number of amides is 1. The van der Waals surface area contributed by atoms with E-state index >= 15 is 0 Å². The first-order chi connectivity index (χ1) is 11.6. The van der Waals surface area contributed by atoms with E-state index in [2.05, 4.69) is 5.32 Å². The molecule has 0 spiro atoms. The van der Waals surface area contributed by atoms with Gasteiger partial charge in [-0.1, -0.05) is 42.5 Å². The van der Waals surface area contributed by atoms with Crippen molar-refractivity contribution in [1.82, 2.24) is 9.88 Å². The number of carbonyl (C=O) groups excluding carboxylic acids is 1. The first-order valence-corrected chi connectivity index (χ1v) is 8.09. The number of hydrogen-bond acceptors (Lipinski definition) is 2. The van der Waals surface area contributed by atoms with Crippen LogP contribution in [0.25, 0.3) is 10.9 Å². The number of rotatable bonds is 5. The second-order valence-corrected chi connectivity index (χ2v) is 6.14. The number of hydrogen-bond donors (Lipinski definition) is 2. The molecule has 24 heavy (non-hydrogen) atoms. The van der Waals surface area contributed by atoms with Crippen molar-refractivity contribution in [2.75, 3.05) is 6.54 Å². The van der Waals surface area contributed by atoms with Crippen LogP contribution < -0.4 is 5.32 Å². The number of fused-ring (bicyclic) bond motifs is 1. The van der Waals surface area contributed by atoms with Crippen LogP contribution in [0.3, 0.4) is 0 Å². The SMILES string of the molecule is Cc1ccccc1C(O)CNC(=O)Cc1cn(C)c2ccccc12. The van der Waals surface area contributed by atoms with E-state index in [1.54, 1.807) is 0 Å². The molecule has 4 heteroatoms. The van der Waals surface area contributed by atoms with E-state index in [0.29, 0.717) is 6.42 Å². The van der Waals surface area contributed by atoms with Gasteiger partial charge in [-0.3, -0.25) is 4.79 Å². The van der Waals surface area contributed by atoms with Crippen molar-refractivity contribution >= 4 is 16.8 Å². The molecule has 2 N–H and O–H groups in total. The van der Waals surface area contributed by atoms with Gasteiger partial charge in [0.2, 0.25) is 5.91 Å². The molecule has 1 aromatic heterocycles. The number of carbonyl (C=O) groups is 1. The van der Waals surface area contributed by atoms with Gasteiger partial charge in [0.25, 0.3) is 0 Å². The lowest BCUT2D eigenvalue weighted by Crippen LogP contribution is -2.29. The average molecular weight is 322 g/mol. The summed E-state index contributed by atoms with van der Waals surface area (Å²) in [5, 5.41) is 14.2. The first-order valence-electron chi connectivity index (χ1n) is 8.09. The monoisotopic (exact) mass is 322 g/mol. The topological polar surface area (TPSA) is 54.3 Å². The summed E-state index contributed by atoms with van der Waals surface area (Å²) in [4.78, 5) is 12.3. The maximum Gasteiger partial charge on any atom is 0.224 e. The van der Waals surface area contributed by atoms with Gasteiger partial charge in [0, 0.05) is 30.7 Å². The fraction of sp³-hybridized carbons (Fsp3) is 0.250. The smallest absolute Gasteiger partial charge is 0.224 e. The van der Waals surface area contributed by atoms with Gasteiger partial charge in [-0.05, 0) is 29.7 Å². The number of aliphatic hydroxyl groups is 1. The van der Waals surface area contributed by atoms with Crippen LogP contribution >= 0.6 is 0 Å². The van der Waals surface area contributed by atoms with Gasteiger partial charge in [-0.25, -0.2) is 0 Å². The van der Waals surface area contributed by atoms with Crippen LogP contribution in [-0.2, 0) is 18.3 Å². The Hall–Kier alpha value is -2.59. The normalized spacial score (nSPS) is 12.3. The van der Waals surface area contributed by atoms with Gasteiger partial charge in [-0.2, -0.15) is 0 Å². The highest BCUT2D eigenvalue weighted by atomic mass is 16.3. The maximum atomic E-state index is 12.3. The molecule has 0 aliphatic carbocycles. The zero-order chi connectivity index (χ0) is 17.1. The lowest BCUT2D eigenvalue weighted by Gasteiger charge is -2.14. The van der Waals surface area contributed by atoms with Crippen LogP contribution in [-0.4, -0.2) is 22.1 Å². The lowest BCUT2D eigenvalue weighted by molar-refractivity contribution is -0.120. The van der Waals surface area contributed by atoms with Gasteiger partial charge in [0.05, 0.1) is 12.5 Å². The summed E-state index contributed by atoms with van der Waals surface area (Å²) in [6.45, 7) is 2.17. The summed E-state index contributed by atoms with van der Waals surface area (Å²) in [7, 11) is 1.98. The van der Waals surface area contributed by atoms with Crippen molar-refractivity contribution in [2.45, 2.75) is 19.4 Å². The van der Waals surface area contributed by atoms with Gasteiger partial charge >= 0.3 is 0 Å². The van der Waals surface area contributed by atoms with Crippen LogP contribution in [0.1, 0.15) is 22.8 Å². The van der Waals surface area contributed by atoms with Crippen LogP contribution in [0.2, 0.25) is 0 Å². The molecule has 0 saturated heterocycles. The Bertz CT molecular complexity index is 867. The van der Waals surface area contributed by atoms with E-state index in [-0.39, 0.29) is 12.5 Å². The van der Waals surface area contributed by atoms with E-state index in [1.165, 1.54) is 0 Å². The summed E-state index contributed by atoms with van der Waals surface area (Å²) < 4.78 is 2.03. The van der Waals surface area contributed by atoms with Crippen LogP contribution in [0.5, 0.6) is 0 Å². The van der Waals surface area contributed by atoms with E-state index in [0.717, 1.165) is 27.6 Å². The van der Waals surface area contributed by atoms with Crippen molar-refractivity contribution in [3.8, 4) is 0 Å². The molecular formula is C20H22N2O2. The summed E-state index contributed by atoms with van der Waals surface area (Å²) in [6.07, 6.45) is 1.60. The molecule has 0 radical (unpaired) electrons. The third-order valence-corrected chi connectivity index (χ3v) is 4.37. The van der Waals surface area contributed by atoms with Crippen molar-refractivity contribution < 1.29 is 9.90 Å². The zero-order valence-corrected chi connectivity index (χ0v) is 14.0. The van der Waals surface area contributed by atoms with E-state index < -0.39 is 6.10 Å². The van der Waals surface area contributed by atoms with Gasteiger partial charge in [0.1, 0.15) is 0 Å². The van der Waals surface area contributed by atoms with Crippen LogP contribution in [0, 0.1) is 6.92 Å². The van der Waals surface area contributed by atoms with Gasteiger partial charge < -0.3 is 15.0 Å². The summed E-state index contributed by atoms with van der Waals surface area (Å²) in [6, 6.07) is 15.7. The number of aromatic nitrogens is 1. The van der Waals surface area contributed by atoms with Crippen molar-refractivity contribution in [1.29, 1.82) is 0 Å². The maximum absolute atomic E-state index is 12.3. The molecule has 3 rings (SSSR count). The predicted molar refractivity (Wildman–Crippen MR) is 95.8 cm³/mol. The van der Waals surface area contributed by atoms with E-state index in [4.69, 9.17) is 0 Å². The molecular weight excluding hydrogens is 300 g/mol. The number of aryl methyl sites for hydroxylation is 2. The second-order valence-electron chi connectivity index (χ2n) is 6.14. The number of nitrogens with one attached hydrogen (secondary N) is 1. The Labute approximate surface area is 141 Å². The fourth-order valence-corrected chi connectivity index (χ4v) is 3.08. The predicted octanol–water partition coefficient (Wildman–Crippen LogP) is 2.88. The number of para-hydroxylation sites is 1. The van der Waals surface area contributed by atoms with Crippen LogP contribution in [0.4, 0.5) is 0 Å². The molecule has 4 nitrogen and oxygen atoms in total. The molecule has 0 fully saturated rings. The first kappa shape index (κ1) is 16.3. The Morgan fingerprint density at radius 1 is 1.17 bits per heavy atom. The zero-order valence-electron chi connectivity index (χ0n) is 14.0. The molecule has 3 aromatic rings. The molecule has 0 bridgehead atoms. The third-order valence-electron chi connectivity index (χ3n) is 4.37. The van der Waals surface area contributed by atoms with Crippen molar-refractivity contribution in [3.63, 3.8) is 0 Å². The Morgan fingerprint density at radius 3 is 2.67 bits per heavy atom. The highest BCUT2D eigenvalue weighted by Crippen LogP contribution is 2.21. The number of benzene rings is 2. The fourth-order valence-electron chi connectivity index (χ4n) is 3.08. The molecule has 1 heterocycles. The van der Waals surface area contributed by atoms with Crippen LogP contribution in [0.15, 0.2) is 54.7 Å². The molecule has 124 valence electrons. The molecule has 0 aliphatic heterocycles. The van der Waals surface area contributed by atoms with E-state index in [1.807, 2.05) is 73.3 Å². The minimum absolute atomic E-state index is 0.0843. The largest absolute Gasteiger partial charge is 0.387 e. The standard InChI is InChI=1S/C20H22N2O2/c1-14-7-3-4-8-16(14)19(23)12-21-20(24)11-15-13-22(2)18-10-6-5-9-17(15)18/h3-10,13,19,23H,11-12H2,1-2H3,(H,21,24). The third kappa shape index (κ3) is 3.34. The minimum Gasteiger partial charge on any atom is -0.387 e. The Morgan fingerprint density at radius 2 is 1.88 bits per heavy atom. The molecule has 1 unspecified atom stereocenters. The average Bonchev–Trinajstić information content (AvgIpc) is 2.89. The van der Waals surface area contributed by atoms with Gasteiger partial charge in [-0.15, -0.1) is 0 Å². The highest BCUT2D eigenvalue weighted by Gasteiger charge is 2.13. The molecule has 0 aliphatic rings. The van der Waals surface area contributed by atoms with Crippen molar-refractivity contribution in [2.24, 2.45) is 7.05 Å². The van der Waals surface area contributed by atoms with Gasteiger partial charge in [0.15, 0.2) is 0 Å². The Balaban J connectivity index is 1.64. The molecule has 1 atom stereocenters. The summed E-state index contributed by atoms with van der Waals surface area (Å²) in [5.41, 5.74) is 3.98. The van der Waals surface area contributed by atoms with E-state index in [9.17, 15) is 9.90 Å². The lowest BCUT2D eigenvalue weighted by atomic mass is 10.0. The molecule has 2 aromatic carbocycles. The molecule has 1 amide bonds. The summed E-state index contributed by atoms with van der Waals surface area (Å²) >= 11 is 0. The second kappa shape index (κ2) is 6.89. The molecule has 0 saturated carbocycles. The minimum atomic E-state index is -0.692. The van der Waals surface area contributed by atoms with Crippen molar-refractivity contribution in [3.05, 3.63) is 71.4 Å².